The highest BCUT2D eigenvalue weighted by Gasteiger charge is 2.11. The van der Waals surface area contributed by atoms with Crippen molar-refractivity contribution < 1.29 is 4.74 Å². The van der Waals surface area contributed by atoms with Gasteiger partial charge in [-0.25, -0.2) is 9.97 Å². The smallest absolute Gasteiger partial charge is 0.137 e. The van der Waals surface area contributed by atoms with Crippen LogP contribution < -0.4 is 5.32 Å². The number of aromatic nitrogens is 2. The first-order chi connectivity index (χ1) is 7.69. The molecule has 1 heterocycles. The topological polar surface area (TPSA) is 47.0 Å². The van der Waals surface area contributed by atoms with Crippen molar-refractivity contribution in [2.75, 3.05) is 19.0 Å². The van der Waals surface area contributed by atoms with Crippen LogP contribution in [0.15, 0.2) is 6.33 Å². The van der Waals surface area contributed by atoms with Crippen LogP contribution in [0.3, 0.4) is 0 Å². The summed E-state index contributed by atoms with van der Waals surface area (Å²) in [6, 6.07) is 0.201. The van der Waals surface area contributed by atoms with Gasteiger partial charge in [-0.1, -0.05) is 24.9 Å². The second kappa shape index (κ2) is 6.66. The van der Waals surface area contributed by atoms with Gasteiger partial charge in [0.2, 0.25) is 0 Å². The predicted molar refractivity (Wildman–Crippen MR) is 66.0 cm³/mol. The molecule has 1 unspecified atom stereocenters. The lowest BCUT2D eigenvalue weighted by Gasteiger charge is -2.16. The molecule has 1 aromatic rings. The number of hydrogen-bond donors (Lipinski definition) is 1. The molecule has 0 fully saturated rings. The molecule has 0 aliphatic carbocycles. The van der Waals surface area contributed by atoms with Gasteiger partial charge in [-0.05, 0) is 13.3 Å². The van der Waals surface area contributed by atoms with Gasteiger partial charge in [-0.3, -0.25) is 0 Å². The first-order valence-electron chi connectivity index (χ1n) is 5.43. The summed E-state index contributed by atoms with van der Waals surface area (Å²) in [5, 5.41) is 3.81. The minimum absolute atomic E-state index is 0.201. The van der Waals surface area contributed by atoms with E-state index in [1.807, 2.05) is 6.92 Å². The van der Waals surface area contributed by atoms with Crippen LogP contribution in [0, 0.1) is 0 Å². The fourth-order valence-corrected chi connectivity index (χ4v) is 1.74. The number of ether oxygens (including phenoxy) is 1. The Bertz CT molecular complexity index is 333. The van der Waals surface area contributed by atoms with Gasteiger partial charge in [0.05, 0.1) is 6.61 Å². The van der Waals surface area contributed by atoms with Crippen LogP contribution in [0.2, 0.25) is 5.15 Å². The van der Waals surface area contributed by atoms with Crippen molar-refractivity contribution in [2.45, 2.75) is 32.7 Å². The highest BCUT2D eigenvalue weighted by molar-refractivity contribution is 6.30. The second-order valence-electron chi connectivity index (χ2n) is 3.74. The van der Waals surface area contributed by atoms with E-state index in [-0.39, 0.29) is 6.04 Å². The van der Waals surface area contributed by atoms with Crippen LogP contribution in [0.4, 0.5) is 5.82 Å². The molecular weight excluding hydrogens is 226 g/mol. The van der Waals surface area contributed by atoms with Crippen LogP contribution in [-0.4, -0.2) is 29.7 Å². The van der Waals surface area contributed by atoms with Crippen molar-refractivity contribution in [1.29, 1.82) is 0 Å². The van der Waals surface area contributed by atoms with Gasteiger partial charge < -0.3 is 10.1 Å². The average molecular weight is 244 g/mol. The highest BCUT2D eigenvalue weighted by atomic mass is 35.5. The van der Waals surface area contributed by atoms with Crippen molar-refractivity contribution in [3.8, 4) is 0 Å². The summed E-state index contributed by atoms with van der Waals surface area (Å²) in [5.41, 5.74) is 0.981. The minimum Gasteiger partial charge on any atom is -0.383 e. The fourth-order valence-electron chi connectivity index (χ4n) is 1.51. The van der Waals surface area contributed by atoms with E-state index in [0.717, 1.165) is 24.2 Å². The van der Waals surface area contributed by atoms with Crippen molar-refractivity contribution in [3.63, 3.8) is 0 Å². The summed E-state index contributed by atoms with van der Waals surface area (Å²) < 4.78 is 5.07. The van der Waals surface area contributed by atoms with E-state index in [9.17, 15) is 0 Å². The van der Waals surface area contributed by atoms with Crippen molar-refractivity contribution in [2.24, 2.45) is 0 Å². The first-order valence-corrected chi connectivity index (χ1v) is 5.81. The minimum atomic E-state index is 0.201. The number of anilines is 1. The van der Waals surface area contributed by atoms with E-state index < -0.39 is 0 Å². The molecule has 1 rings (SSSR count). The average Bonchev–Trinajstić information content (AvgIpc) is 2.23. The van der Waals surface area contributed by atoms with E-state index in [1.165, 1.54) is 6.33 Å². The first kappa shape index (κ1) is 13.2. The van der Waals surface area contributed by atoms with Crippen LogP contribution in [0.25, 0.3) is 0 Å². The zero-order valence-corrected chi connectivity index (χ0v) is 10.7. The molecule has 1 aromatic heterocycles. The summed E-state index contributed by atoms with van der Waals surface area (Å²) >= 11 is 6.05. The third-order valence-electron chi connectivity index (χ3n) is 2.19. The van der Waals surface area contributed by atoms with E-state index in [0.29, 0.717) is 11.8 Å². The molecule has 16 heavy (non-hydrogen) atoms. The molecule has 0 aliphatic heterocycles. The molecule has 0 amide bonds. The maximum absolute atomic E-state index is 6.05. The molecule has 0 aromatic carbocycles. The molecule has 1 atom stereocenters. The fraction of sp³-hybridized carbons (Fsp3) is 0.636. The van der Waals surface area contributed by atoms with Gasteiger partial charge in [0.15, 0.2) is 0 Å². The largest absolute Gasteiger partial charge is 0.383 e. The SMILES string of the molecule is CCCc1c(Cl)ncnc1NC(C)COC. The van der Waals surface area contributed by atoms with Crippen molar-refractivity contribution in [1.82, 2.24) is 9.97 Å². The van der Waals surface area contributed by atoms with Gasteiger partial charge in [0.25, 0.3) is 0 Å². The third kappa shape index (κ3) is 3.61. The standard InChI is InChI=1S/C11H18ClN3O/c1-4-5-9-10(12)13-7-14-11(9)15-8(2)6-16-3/h7-8H,4-6H2,1-3H3,(H,13,14,15). The molecule has 5 heteroatoms. The molecule has 4 nitrogen and oxygen atoms in total. The van der Waals surface area contributed by atoms with Crippen LogP contribution >= 0.6 is 11.6 Å². The molecule has 90 valence electrons. The van der Waals surface area contributed by atoms with Crippen LogP contribution in [0.5, 0.6) is 0 Å². The summed E-state index contributed by atoms with van der Waals surface area (Å²) in [6.07, 6.45) is 3.37. The summed E-state index contributed by atoms with van der Waals surface area (Å²) in [6.45, 7) is 4.77. The van der Waals surface area contributed by atoms with Gasteiger partial charge in [-0.15, -0.1) is 0 Å². The predicted octanol–water partition coefficient (Wildman–Crippen LogP) is 2.53. The Kier molecular flexibility index (Phi) is 5.49. The quantitative estimate of drug-likeness (QED) is 0.780. The Morgan fingerprint density at radius 2 is 2.25 bits per heavy atom. The Labute approximate surface area is 101 Å². The maximum Gasteiger partial charge on any atom is 0.137 e. The summed E-state index contributed by atoms with van der Waals surface area (Å²) in [7, 11) is 1.68. The van der Waals surface area contributed by atoms with E-state index in [2.05, 4.69) is 22.2 Å². The zero-order valence-electron chi connectivity index (χ0n) is 9.96. The van der Waals surface area contributed by atoms with Crippen LogP contribution in [-0.2, 0) is 11.2 Å². The molecule has 0 spiro atoms. The number of hydrogen-bond acceptors (Lipinski definition) is 4. The molecule has 0 radical (unpaired) electrons. The lowest BCUT2D eigenvalue weighted by atomic mass is 10.2. The molecule has 0 saturated heterocycles. The number of rotatable bonds is 6. The van der Waals surface area contributed by atoms with E-state index >= 15 is 0 Å². The van der Waals surface area contributed by atoms with Crippen molar-refractivity contribution >= 4 is 17.4 Å². The third-order valence-corrected chi connectivity index (χ3v) is 2.52. The molecular formula is C11H18ClN3O. The lowest BCUT2D eigenvalue weighted by molar-refractivity contribution is 0.190. The Hall–Kier alpha value is -0.870. The van der Waals surface area contributed by atoms with Gasteiger partial charge >= 0.3 is 0 Å². The van der Waals surface area contributed by atoms with Gasteiger partial charge in [0.1, 0.15) is 17.3 Å². The molecule has 0 bridgehead atoms. The molecule has 0 saturated carbocycles. The summed E-state index contributed by atoms with van der Waals surface area (Å²) in [4.78, 5) is 8.21. The number of nitrogens with zero attached hydrogens (tertiary/aromatic N) is 2. The molecule has 0 aliphatic rings. The number of nitrogens with one attached hydrogen (secondary N) is 1. The van der Waals surface area contributed by atoms with E-state index in [4.69, 9.17) is 16.3 Å². The zero-order chi connectivity index (χ0) is 12.0. The number of methoxy groups -OCH3 is 1. The van der Waals surface area contributed by atoms with Gasteiger partial charge in [0, 0.05) is 18.7 Å². The second-order valence-corrected chi connectivity index (χ2v) is 4.10. The van der Waals surface area contributed by atoms with Crippen molar-refractivity contribution in [3.05, 3.63) is 17.0 Å². The Morgan fingerprint density at radius 1 is 1.50 bits per heavy atom. The Morgan fingerprint density at radius 3 is 2.88 bits per heavy atom. The number of halogens is 1. The lowest BCUT2D eigenvalue weighted by Crippen LogP contribution is -2.22. The molecule has 1 N–H and O–H groups in total. The maximum atomic E-state index is 6.05. The Balaban J connectivity index is 2.81. The van der Waals surface area contributed by atoms with Gasteiger partial charge in [-0.2, -0.15) is 0 Å². The normalized spacial score (nSPS) is 12.5. The van der Waals surface area contributed by atoms with Crippen LogP contribution in [0.1, 0.15) is 25.8 Å². The summed E-state index contributed by atoms with van der Waals surface area (Å²) in [5.74, 6) is 0.811. The van der Waals surface area contributed by atoms with E-state index in [1.54, 1.807) is 7.11 Å². The highest BCUT2D eigenvalue weighted by Crippen LogP contribution is 2.21. The monoisotopic (exact) mass is 243 g/mol.